The van der Waals surface area contributed by atoms with E-state index in [2.05, 4.69) is 64.1 Å². The van der Waals surface area contributed by atoms with Gasteiger partial charge in [-0.05, 0) is 47.9 Å². The number of aryl methyl sites for hydroxylation is 1. The maximum atomic E-state index is 4.35. The molecule has 1 atom stereocenters. The second kappa shape index (κ2) is 5.87. The van der Waals surface area contributed by atoms with E-state index < -0.39 is 0 Å². The van der Waals surface area contributed by atoms with Crippen molar-refractivity contribution in [2.75, 3.05) is 5.32 Å². The lowest BCUT2D eigenvalue weighted by Gasteiger charge is -2.17. The Hall–Kier alpha value is -2.50. The summed E-state index contributed by atoms with van der Waals surface area (Å²) in [6.45, 7) is 4.27. The van der Waals surface area contributed by atoms with Crippen molar-refractivity contribution in [3.63, 3.8) is 0 Å². The minimum atomic E-state index is 0.328. The lowest BCUT2D eigenvalue weighted by atomic mass is 10.0. The van der Waals surface area contributed by atoms with Crippen molar-refractivity contribution in [2.24, 2.45) is 0 Å². The first-order chi connectivity index (χ1) is 10.2. The van der Waals surface area contributed by atoms with Gasteiger partial charge < -0.3 is 5.32 Å². The Balaban J connectivity index is 1.72. The standard InChI is InChI=1S/C15H18N6/c1-3-13(10-12-6-4-11(2)5-7-12)16-14-8-9-15-17-19-20-21(15)18-14/h4-9,13H,3,10H2,1-2H3,(H,16,18). The van der Waals surface area contributed by atoms with E-state index >= 15 is 0 Å². The number of hydrogen-bond donors (Lipinski definition) is 1. The normalized spacial score (nSPS) is 12.5. The summed E-state index contributed by atoms with van der Waals surface area (Å²) in [7, 11) is 0. The molecule has 1 unspecified atom stereocenters. The van der Waals surface area contributed by atoms with Crippen LogP contribution >= 0.6 is 0 Å². The van der Waals surface area contributed by atoms with Crippen LogP contribution in [0.25, 0.3) is 5.65 Å². The Morgan fingerprint density at radius 3 is 2.71 bits per heavy atom. The molecule has 21 heavy (non-hydrogen) atoms. The average molecular weight is 282 g/mol. The number of aromatic nitrogens is 5. The third-order valence-corrected chi connectivity index (χ3v) is 3.52. The minimum absolute atomic E-state index is 0.328. The van der Waals surface area contributed by atoms with Crippen LogP contribution in [0.3, 0.4) is 0 Å². The summed E-state index contributed by atoms with van der Waals surface area (Å²) in [6, 6.07) is 12.7. The van der Waals surface area contributed by atoms with Crippen LogP contribution in [-0.2, 0) is 6.42 Å². The van der Waals surface area contributed by atoms with Crippen LogP contribution < -0.4 is 5.32 Å². The quantitative estimate of drug-likeness (QED) is 0.777. The number of benzene rings is 1. The molecule has 0 amide bonds. The molecule has 1 aromatic carbocycles. The van der Waals surface area contributed by atoms with Crippen LogP contribution in [0, 0.1) is 6.92 Å². The van der Waals surface area contributed by atoms with Crippen LogP contribution in [0.5, 0.6) is 0 Å². The topological polar surface area (TPSA) is 68.0 Å². The molecule has 6 heteroatoms. The number of nitrogens with one attached hydrogen (secondary N) is 1. The predicted octanol–water partition coefficient (Wildman–Crippen LogP) is 2.26. The summed E-state index contributed by atoms with van der Waals surface area (Å²) >= 11 is 0. The Morgan fingerprint density at radius 1 is 1.14 bits per heavy atom. The third-order valence-electron chi connectivity index (χ3n) is 3.52. The monoisotopic (exact) mass is 282 g/mol. The Bertz CT molecular complexity index is 718. The van der Waals surface area contributed by atoms with E-state index in [9.17, 15) is 0 Å². The zero-order chi connectivity index (χ0) is 14.7. The molecule has 0 spiro atoms. The van der Waals surface area contributed by atoms with Gasteiger partial charge in [0.2, 0.25) is 0 Å². The van der Waals surface area contributed by atoms with E-state index in [4.69, 9.17) is 0 Å². The van der Waals surface area contributed by atoms with Gasteiger partial charge in [-0.3, -0.25) is 0 Å². The molecule has 2 heterocycles. The lowest BCUT2D eigenvalue weighted by Crippen LogP contribution is -2.22. The van der Waals surface area contributed by atoms with Crippen LogP contribution in [0.4, 0.5) is 5.82 Å². The highest BCUT2D eigenvalue weighted by Gasteiger charge is 2.09. The first-order valence-corrected chi connectivity index (χ1v) is 7.12. The van der Waals surface area contributed by atoms with E-state index in [1.807, 2.05) is 12.1 Å². The van der Waals surface area contributed by atoms with Gasteiger partial charge in [0, 0.05) is 6.04 Å². The highest BCUT2D eigenvalue weighted by Crippen LogP contribution is 2.12. The van der Waals surface area contributed by atoms with Gasteiger partial charge in [-0.15, -0.1) is 14.8 Å². The molecule has 6 nitrogen and oxygen atoms in total. The third kappa shape index (κ3) is 3.16. The summed E-state index contributed by atoms with van der Waals surface area (Å²) in [4.78, 5) is 0. The van der Waals surface area contributed by atoms with Gasteiger partial charge in [-0.25, -0.2) is 0 Å². The fraction of sp³-hybridized carbons (Fsp3) is 0.333. The molecule has 108 valence electrons. The van der Waals surface area contributed by atoms with Gasteiger partial charge >= 0.3 is 0 Å². The molecular formula is C15H18N6. The van der Waals surface area contributed by atoms with Gasteiger partial charge in [-0.1, -0.05) is 36.8 Å². The van der Waals surface area contributed by atoms with Crippen molar-refractivity contribution in [3.05, 3.63) is 47.5 Å². The number of nitrogens with zero attached hydrogens (tertiary/aromatic N) is 5. The van der Waals surface area contributed by atoms with Gasteiger partial charge in [0.25, 0.3) is 0 Å². The summed E-state index contributed by atoms with van der Waals surface area (Å²) in [5.74, 6) is 0.786. The second-order valence-corrected chi connectivity index (χ2v) is 5.18. The largest absolute Gasteiger partial charge is 0.366 e. The predicted molar refractivity (Wildman–Crippen MR) is 81.2 cm³/mol. The van der Waals surface area contributed by atoms with Crippen molar-refractivity contribution in [1.29, 1.82) is 0 Å². The second-order valence-electron chi connectivity index (χ2n) is 5.18. The molecular weight excluding hydrogens is 264 g/mol. The summed E-state index contributed by atoms with van der Waals surface area (Å²) in [5, 5.41) is 19.0. The number of rotatable bonds is 5. The number of hydrogen-bond acceptors (Lipinski definition) is 5. The number of tetrazole rings is 1. The Morgan fingerprint density at radius 2 is 1.95 bits per heavy atom. The van der Waals surface area contributed by atoms with E-state index in [1.165, 1.54) is 15.8 Å². The summed E-state index contributed by atoms with van der Waals surface area (Å²) in [5.41, 5.74) is 3.25. The molecule has 1 N–H and O–H groups in total. The lowest BCUT2D eigenvalue weighted by molar-refractivity contribution is 0.673. The van der Waals surface area contributed by atoms with Crippen LogP contribution in [0.2, 0.25) is 0 Å². The van der Waals surface area contributed by atoms with Gasteiger partial charge in [-0.2, -0.15) is 0 Å². The summed E-state index contributed by atoms with van der Waals surface area (Å²) in [6.07, 6.45) is 1.98. The first kappa shape index (κ1) is 13.5. The Kier molecular flexibility index (Phi) is 3.77. The zero-order valence-electron chi connectivity index (χ0n) is 12.2. The highest BCUT2D eigenvalue weighted by atomic mass is 15.6. The average Bonchev–Trinajstić information content (AvgIpc) is 2.96. The fourth-order valence-electron chi connectivity index (χ4n) is 2.24. The zero-order valence-corrected chi connectivity index (χ0v) is 12.2. The molecule has 0 saturated heterocycles. The first-order valence-electron chi connectivity index (χ1n) is 7.12. The smallest absolute Gasteiger partial charge is 0.200 e. The van der Waals surface area contributed by atoms with E-state index in [1.54, 1.807) is 0 Å². The molecule has 0 aliphatic carbocycles. The molecule has 0 aliphatic heterocycles. The van der Waals surface area contributed by atoms with Crippen LogP contribution in [0.1, 0.15) is 24.5 Å². The molecule has 0 bridgehead atoms. The number of fused-ring (bicyclic) bond motifs is 1. The minimum Gasteiger partial charge on any atom is -0.366 e. The highest BCUT2D eigenvalue weighted by molar-refractivity contribution is 5.43. The van der Waals surface area contributed by atoms with Crippen molar-refractivity contribution >= 4 is 11.5 Å². The molecule has 3 aromatic rings. The maximum Gasteiger partial charge on any atom is 0.200 e. The van der Waals surface area contributed by atoms with E-state index in [0.29, 0.717) is 11.7 Å². The van der Waals surface area contributed by atoms with Crippen molar-refractivity contribution in [1.82, 2.24) is 25.3 Å². The molecule has 0 fully saturated rings. The van der Waals surface area contributed by atoms with Crippen LogP contribution in [-0.4, -0.2) is 31.3 Å². The Labute approximate surface area is 123 Å². The maximum absolute atomic E-state index is 4.35. The molecule has 0 radical (unpaired) electrons. The van der Waals surface area contributed by atoms with Gasteiger partial charge in [0.1, 0.15) is 5.82 Å². The molecule has 2 aromatic heterocycles. The molecule has 3 rings (SSSR count). The molecule has 0 aliphatic rings. The van der Waals surface area contributed by atoms with Crippen molar-refractivity contribution < 1.29 is 0 Å². The van der Waals surface area contributed by atoms with Gasteiger partial charge in [0.05, 0.1) is 0 Å². The van der Waals surface area contributed by atoms with E-state index in [0.717, 1.165) is 18.7 Å². The van der Waals surface area contributed by atoms with E-state index in [-0.39, 0.29) is 0 Å². The van der Waals surface area contributed by atoms with Gasteiger partial charge in [0.15, 0.2) is 5.65 Å². The van der Waals surface area contributed by atoms with Crippen molar-refractivity contribution in [2.45, 2.75) is 32.7 Å². The SMILES string of the molecule is CCC(Cc1ccc(C)cc1)Nc1ccc2nnnn2n1. The summed E-state index contributed by atoms with van der Waals surface area (Å²) < 4.78 is 1.43. The fourth-order valence-corrected chi connectivity index (χ4v) is 2.24. The van der Waals surface area contributed by atoms with Crippen LogP contribution in [0.15, 0.2) is 36.4 Å². The molecule has 0 saturated carbocycles. The van der Waals surface area contributed by atoms with Crippen molar-refractivity contribution in [3.8, 4) is 0 Å². The number of anilines is 1.